The molecule has 1 amide bonds. The number of phosphoric ester groups is 1. The molecule has 0 aromatic heterocycles. The maximum absolute atomic E-state index is 13.7. The van der Waals surface area contributed by atoms with E-state index >= 15 is 0 Å². The van der Waals surface area contributed by atoms with Gasteiger partial charge in [-0.3, -0.25) is 14.2 Å². The lowest BCUT2D eigenvalue weighted by Gasteiger charge is -2.30. The second-order valence-corrected chi connectivity index (χ2v) is 30.0. The van der Waals surface area contributed by atoms with E-state index in [-0.39, 0.29) is 31.5 Å². The van der Waals surface area contributed by atoms with E-state index < -0.39 is 20.0 Å². The summed E-state index contributed by atoms with van der Waals surface area (Å²) in [6, 6.07) is -0.889. The topological polar surface area (TPSA) is 114 Å². The fraction of sp³-hybridized carbons (Fsp3) is 0.854. The lowest BCUT2D eigenvalue weighted by atomic mass is 10.0. The Balaban J connectivity index is 4.89. The second kappa shape index (κ2) is 71.5. The van der Waals surface area contributed by atoms with Crippen molar-refractivity contribution in [3.05, 3.63) is 60.8 Å². The molecule has 9 nitrogen and oxygen atoms in total. The van der Waals surface area contributed by atoms with Gasteiger partial charge in [-0.15, -0.1) is 0 Å². The second-order valence-electron chi connectivity index (χ2n) is 28.6. The maximum atomic E-state index is 13.7. The Labute approximate surface area is 572 Å². The van der Waals surface area contributed by atoms with E-state index in [4.69, 9.17) is 13.8 Å². The molecule has 0 aromatic rings. The molecule has 0 radical (unpaired) electrons. The number of nitrogens with zero attached hydrogens (tertiary/aromatic N) is 1. The summed E-state index contributed by atoms with van der Waals surface area (Å²) in [5.74, 6) is -0.522. The van der Waals surface area contributed by atoms with Gasteiger partial charge in [0.2, 0.25) is 5.91 Å². The summed E-state index contributed by atoms with van der Waals surface area (Å²) in [5, 5.41) is 3.06. The number of hydrogen-bond donors (Lipinski definition) is 1. The van der Waals surface area contributed by atoms with Crippen molar-refractivity contribution >= 4 is 19.7 Å². The molecule has 0 bridgehead atoms. The average Bonchev–Trinajstić information content (AvgIpc) is 3.72. The predicted octanol–water partition coefficient (Wildman–Crippen LogP) is 25.4. The summed E-state index contributed by atoms with van der Waals surface area (Å²) < 4.78 is 30.6. The molecule has 10 heteroatoms. The molecule has 540 valence electrons. The lowest BCUT2D eigenvalue weighted by molar-refractivity contribution is -0.870. The zero-order valence-corrected chi connectivity index (χ0v) is 62.9. The molecule has 0 aliphatic heterocycles. The lowest BCUT2D eigenvalue weighted by Crippen LogP contribution is -2.47. The molecule has 0 aromatic carbocycles. The first-order valence-electron chi connectivity index (χ1n) is 40.1. The Morgan fingerprint density at radius 2 is 0.663 bits per heavy atom. The van der Waals surface area contributed by atoms with Gasteiger partial charge in [0.05, 0.1) is 33.8 Å². The molecule has 0 aliphatic rings. The highest BCUT2D eigenvalue weighted by atomic mass is 31.2. The van der Waals surface area contributed by atoms with Crippen molar-refractivity contribution in [3.63, 3.8) is 0 Å². The Morgan fingerprint density at radius 1 is 0.380 bits per heavy atom. The number of rotatable bonds is 74. The summed E-state index contributed by atoms with van der Waals surface area (Å²) in [5.41, 5.74) is 0. The first-order chi connectivity index (χ1) is 44.9. The number of esters is 1. The van der Waals surface area contributed by atoms with Crippen LogP contribution in [0, 0.1) is 0 Å². The van der Waals surface area contributed by atoms with Crippen LogP contribution < -0.4 is 10.2 Å². The number of phosphoric acid groups is 1. The Morgan fingerprint density at radius 3 is 1.02 bits per heavy atom. The van der Waals surface area contributed by atoms with E-state index in [1.165, 1.54) is 295 Å². The molecule has 0 fully saturated rings. The molecule has 0 heterocycles. The van der Waals surface area contributed by atoms with Crippen LogP contribution in [0.5, 0.6) is 0 Å². The summed E-state index contributed by atoms with van der Waals surface area (Å²) in [6.45, 7) is 6.88. The van der Waals surface area contributed by atoms with Crippen LogP contribution in [0.2, 0.25) is 0 Å². The van der Waals surface area contributed by atoms with Crippen LogP contribution in [-0.4, -0.2) is 69.4 Å². The molecule has 0 aliphatic carbocycles. The molecule has 3 unspecified atom stereocenters. The molecular formula is C82H155N2O7P. The third-order valence-corrected chi connectivity index (χ3v) is 19.1. The van der Waals surface area contributed by atoms with Gasteiger partial charge >= 0.3 is 5.97 Å². The largest absolute Gasteiger partial charge is 0.756 e. The molecule has 92 heavy (non-hydrogen) atoms. The number of hydrogen-bond acceptors (Lipinski definition) is 7. The molecule has 0 saturated heterocycles. The quantitative estimate of drug-likeness (QED) is 0.0212. The van der Waals surface area contributed by atoms with Gasteiger partial charge in [0, 0.05) is 12.8 Å². The van der Waals surface area contributed by atoms with Gasteiger partial charge in [-0.05, 0) is 96.0 Å². The number of nitrogens with one attached hydrogen (secondary N) is 1. The molecule has 0 spiro atoms. The van der Waals surface area contributed by atoms with Gasteiger partial charge in [-0.2, -0.15) is 0 Å². The van der Waals surface area contributed by atoms with E-state index in [1.54, 1.807) is 0 Å². The van der Waals surface area contributed by atoms with Crippen LogP contribution in [0.4, 0.5) is 0 Å². The van der Waals surface area contributed by atoms with Crippen molar-refractivity contribution in [3.8, 4) is 0 Å². The highest BCUT2D eigenvalue weighted by Gasteiger charge is 2.27. The number of ether oxygens (including phenoxy) is 1. The minimum atomic E-state index is -4.71. The monoisotopic (exact) mass is 1310 g/mol. The third-order valence-electron chi connectivity index (χ3n) is 18.2. The van der Waals surface area contributed by atoms with Crippen molar-refractivity contribution in [2.24, 2.45) is 0 Å². The van der Waals surface area contributed by atoms with E-state index in [9.17, 15) is 19.0 Å². The van der Waals surface area contributed by atoms with Crippen LogP contribution >= 0.6 is 7.82 Å². The average molecular weight is 1310 g/mol. The Bertz CT molecular complexity index is 1760. The van der Waals surface area contributed by atoms with Crippen molar-refractivity contribution in [1.82, 2.24) is 5.32 Å². The predicted molar refractivity (Wildman–Crippen MR) is 399 cm³/mol. The van der Waals surface area contributed by atoms with Crippen LogP contribution in [0.15, 0.2) is 60.8 Å². The SMILES string of the molecule is CCCCC/C=C\C/C=C\C/C=C\CCCCCCCCCCCCCCCCC(=O)OC(/C=C/CCCCCCCCCCCC)C(COP(=O)([O-])OCC[N+](C)(C)C)NC(=O)CCCCCCCCCCCCCCCCCCC/C=C/CCCCCCCC. The van der Waals surface area contributed by atoms with Crippen LogP contribution in [0.25, 0.3) is 0 Å². The zero-order valence-electron chi connectivity index (χ0n) is 62.0. The molecule has 1 N–H and O–H groups in total. The first kappa shape index (κ1) is 89.7. The number of unbranched alkanes of at least 4 members (excludes halogenated alkanes) is 50. The number of carbonyl (C=O) groups is 2. The molecule has 0 rings (SSSR count). The Hall–Kier alpha value is -2.29. The highest BCUT2D eigenvalue weighted by Crippen LogP contribution is 2.38. The van der Waals surface area contributed by atoms with Crippen molar-refractivity contribution in [1.29, 1.82) is 0 Å². The van der Waals surface area contributed by atoms with Crippen LogP contribution in [0.1, 0.15) is 400 Å². The summed E-state index contributed by atoms with van der Waals surface area (Å²) in [4.78, 5) is 40.3. The summed E-state index contributed by atoms with van der Waals surface area (Å²) >= 11 is 0. The maximum Gasteiger partial charge on any atom is 0.306 e. The fourth-order valence-electron chi connectivity index (χ4n) is 12.0. The minimum absolute atomic E-state index is 0.0209. The fourth-order valence-corrected chi connectivity index (χ4v) is 12.7. The number of likely N-dealkylation sites (N-methyl/N-ethyl adjacent to an activating group) is 1. The Kier molecular flexibility index (Phi) is 69.7. The van der Waals surface area contributed by atoms with Gasteiger partial charge in [-0.1, -0.05) is 352 Å². The van der Waals surface area contributed by atoms with Crippen LogP contribution in [0.3, 0.4) is 0 Å². The standard InChI is InChI=1S/C82H155N2O7P/c1-7-10-13-16-19-22-25-28-30-32-34-36-38-40-42-44-46-48-50-52-54-56-59-62-65-68-71-74-81(85)83-79(78-90-92(87,88)89-77-76-84(4,5)6)80(73-70-67-64-61-58-27-24-21-18-15-12-9-3)91-82(86)75-72-69-66-63-60-57-55-53-51-49-47-45-43-41-39-37-35-33-31-29-26-23-20-17-14-11-8-2/h20,23,28-31,35,37,70,73,79-80H,7-19,21-22,24-27,32-34,36,38-69,71-72,74-78H2,1-6H3,(H-,83,85,87,88)/b23-20-,30-28+,31-29-,37-35-,73-70+. The zero-order chi connectivity index (χ0) is 67.0. The smallest absolute Gasteiger partial charge is 0.306 e. The number of carbonyl (C=O) groups excluding carboxylic acids is 2. The highest BCUT2D eigenvalue weighted by molar-refractivity contribution is 7.45. The molecule has 3 atom stereocenters. The van der Waals surface area contributed by atoms with E-state index in [2.05, 4.69) is 74.7 Å². The van der Waals surface area contributed by atoms with Crippen LogP contribution in [-0.2, 0) is 27.9 Å². The van der Waals surface area contributed by atoms with E-state index in [0.29, 0.717) is 17.4 Å². The number of allylic oxidation sites excluding steroid dienone is 9. The van der Waals surface area contributed by atoms with Gasteiger partial charge in [0.1, 0.15) is 19.3 Å². The van der Waals surface area contributed by atoms with Crippen molar-refractivity contribution < 1.29 is 37.3 Å². The van der Waals surface area contributed by atoms with Crippen molar-refractivity contribution in [2.75, 3.05) is 40.9 Å². The number of amides is 1. The normalized spacial score (nSPS) is 13.7. The van der Waals surface area contributed by atoms with E-state index in [0.717, 1.165) is 70.6 Å². The third kappa shape index (κ3) is 72.0. The molecule has 0 saturated carbocycles. The van der Waals surface area contributed by atoms with Gasteiger partial charge in [-0.25, -0.2) is 0 Å². The number of quaternary nitrogens is 1. The van der Waals surface area contributed by atoms with Gasteiger partial charge in [0.25, 0.3) is 7.82 Å². The van der Waals surface area contributed by atoms with Gasteiger partial charge in [0.15, 0.2) is 0 Å². The molecular weight excluding hydrogens is 1160 g/mol. The minimum Gasteiger partial charge on any atom is -0.756 e. The summed E-state index contributed by atoms with van der Waals surface area (Å²) in [6.07, 6.45) is 93.7. The van der Waals surface area contributed by atoms with Gasteiger partial charge < -0.3 is 28.5 Å². The van der Waals surface area contributed by atoms with Crippen molar-refractivity contribution in [2.45, 2.75) is 412 Å². The summed E-state index contributed by atoms with van der Waals surface area (Å²) in [7, 11) is 1.20. The first-order valence-corrected chi connectivity index (χ1v) is 41.6. The van der Waals surface area contributed by atoms with E-state index in [1.807, 2.05) is 33.3 Å².